The van der Waals surface area contributed by atoms with Crippen molar-refractivity contribution in [2.75, 3.05) is 7.11 Å². The van der Waals surface area contributed by atoms with Crippen LogP contribution in [0.25, 0.3) is 0 Å². The summed E-state index contributed by atoms with van der Waals surface area (Å²) in [6.45, 7) is 10.5. The first-order valence-corrected chi connectivity index (χ1v) is 7.51. The number of alkyl carbamates (subject to hydrolysis) is 1. The van der Waals surface area contributed by atoms with Crippen molar-refractivity contribution < 1.29 is 23.9 Å². The van der Waals surface area contributed by atoms with Gasteiger partial charge in [0.25, 0.3) is 0 Å². The third-order valence-electron chi connectivity index (χ3n) is 2.81. The van der Waals surface area contributed by atoms with Gasteiger partial charge in [-0.3, -0.25) is 4.79 Å². The summed E-state index contributed by atoms with van der Waals surface area (Å²) in [5, 5.41) is 5.28. The van der Waals surface area contributed by atoms with E-state index in [9.17, 15) is 14.4 Å². The highest BCUT2D eigenvalue weighted by molar-refractivity contribution is 5.95. The molecule has 0 aliphatic heterocycles. The van der Waals surface area contributed by atoms with Crippen LogP contribution in [0.1, 0.15) is 41.5 Å². The van der Waals surface area contributed by atoms with Crippen LogP contribution in [-0.4, -0.2) is 42.6 Å². The lowest BCUT2D eigenvalue weighted by atomic mass is 10.1. The zero-order chi connectivity index (χ0) is 18.2. The van der Waals surface area contributed by atoms with Gasteiger partial charge in [0.2, 0.25) is 0 Å². The number of carbonyl (C=O) groups is 3. The van der Waals surface area contributed by atoms with Crippen LogP contribution in [0.4, 0.5) is 4.79 Å². The molecule has 7 nitrogen and oxygen atoms in total. The first-order valence-electron chi connectivity index (χ1n) is 7.51. The second kappa shape index (κ2) is 9.17. The van der Waals surface area contributed by atoms with Crippen molar-refractivity contribution in [3.63, 3.8) is 0 Å². The van der Waals surface area contributed by atoms with Crippen LogP contribution in [-0.2, 0) is 19.1 Å². The van der Waals surface area contributed by atoms with E-state index in [1.165, 1.54) is 19.4 Å². The second-order valence-corrected chi connectivity index (χ2v) is 6.52. The standard InChI is InChI=1S/C16H28N2O5/c1-10(2)13(14(20)22-7)17-9-8-12(19)11(3)18-15(21)23-16(4,5)6/h8-11,13,17H,1-7H3,(H,18,21)/b9-8-/t11-,13-/m0/s1. The average molecular weight is 328 g/mol. The fraction of sp³-hybridized carbons (Fsp3) is 0.688. The summed E-state index contributed by atoms with van der Waals surface area (Å²) in [6, 6.07) is -1.28. The lowest BCUT2D eigenvalue weighted by Crippen LogP contribution is -2.41. The van der Waals surface area contributed by atoms with Crippen LogP contribution in [0, 0.1) is 5.92 Å². The normalized spacial score (nSPS) is 14.3. The number of hydrogen-bond acceptors (Lipinski definition) is 6. The Morgan fingerprint density at radius 2 is 1.65 bits per heavy atom. The number of nitrogens with one attached hydrogen (secondary N) is 2. The van der Waals surface area contributed by atoms with Crippen LogP contribution in [0.3, 0.4) is 0 Å². The van der Waals surface area contributed by atoms with E-state index in [1.54, 1.807) is 27.7 Å². The van der Waals surface area contributed by atoms with E-state index in [4.69, 9.17) is 4.74 Å². The molecule has 0 bridgehead atoms. The Morgan fingerprint density at radius 1 is 1.09 bits per heavy atom. The highest BCUT2D eigenvalue weighted by Gasteiger charge is 2.22. The molecule has 0 saturated heterocycles. The third kappa shape index (κ3) is 8.85. The Balaban J connectivity index is 4.51. The summed E-state index contributed by atoms with van der Waals surface area (Å²) in [4.78, 5) is 35.1. The smallest absolute Gasteiger partial charge is 0.408 e. The van der Waals surface area contributed by atoms with Gasteiger partial charge in [0.05, 0.1) is 13.2 Å². The van der Waals surface area contributed by atoms with Crippen LogP contribution >= 0.6 is 0 Å². The van der Waals surface area contributed by atoms with Gasteiger partial charge in [-0.25, -0.2) is 9.59 Å². The van der Waals surface area contributed by atoms with Gasteiger partial charge in [-0.15, -0.1) is 0 Å². The van der Waals surface area contributed by atoms with Gasteiger partial charge >= 0.3 is 12.1 Å². The monoisotopic (exact) mass is 328 g/mol. The molecule has 132 valence electrons. The molecule has 7 heteroatoms. The lowest BCUT2D eigenvalue weighted by Gasteiger charge is -2.21. The molecule has 0 radical (unpaired) electrons. The molecule has 0 aromatic heterocycles. The molecule has 0 unspecified atom stereocenters. The van der Waals surface area contributed by atoms with E-state index in [0.717, 1.165) is 0 Å². The summed E-state index contributed by atoms with van der Waals surface area (Å²) in [5.74, 6) is -0.729. The van der Waals surface area contributed by atoms with E-state index >= 15 is 0 Å². The summed E-state index contributed by atoms with van der Waals surface area (Å²) in [5.41, 5.74) is -0.630. The molecule has 0 aromatic rings. The first kappa shape index (κ1) is 20.9. The Labute approximate surface area is 137 Å². The maximum absolute atomic E-state index is 11.9. The fourth-order valence-electron chi connectivity index (χ4n) is 1.59. The highest BCUT2D eigenvalue weighted by atomic mass is 16.6. The van der Waals surface area contributed by atoms with E-state index in [-0.39, 0.29) is 11.7 Å². The first-order chi connectivity index (χ1) is 10.5. The van der Waals surface area contributed by atoms with Crippen LogP contribution < -0.4 is 10.6 Å². The minimum absolute atomic E-state index is 0.000450. The number of carbonyl (C=O) groups excluding carboxylic acids is 3. The van der Waals surface area contributed by atoms with Crippen LogP contribution in [0.2, 0.25) is 0 Å². The molecule has 0 rings (SSSR count). The van der Waals surface area contributed by atoms with Crippen molar-refractivity contribution in [1.29, 1.82) is 0 Å². The molecule has 2 atom stereocenters. The van der Waals surface area contributed by atoms with Crippen molar-refractivity contribution in [3.8, 4) is 0 Å². The minimum Gasteiger partial charge on any atom is -0.467 e. The van der Waals surface area contributed by atoms with Crippen LogP contribution in [0.5, 0.6) is 0 Å². The Bertz CT molecular complexity index is 452. The van der Waals surface area contributed by atoms with Crippen molar-refractivity contribution >= 4 is 17.8 Å². The number of methoxy groups -OCH3 is 1. The van der Waals surface area contributed by atoms with E-state index in [2.05, 4.69) is 15.4 Å². The summed E-state index contributed by atoms with van der Waals surface area (Å²) in [7, 11) is 1.31. The molecule has 0 saturated carbocycles. The number of esters is 1. The summed E-state index contributed by atoms with van der Waals surface area (Å²) < 4.78 is 9.76. The Morgan fingerprint density at radius 3 is 2.09 bits per heavy atom. The third-order valence-corrected chi connectivity index (χ3v) is 2.81. The van der Waals surface area contributed by atoms with E-state index < -0.39 is 29.7 Å². The summed E-state index contributed by atoms with van der Waals surface area (Å²) in [6.07, 6.45) is 1.99. The Kier molecular flexibility index (Phi) is 8.35. The van der Waals surface area contributed by atoms with Gasteiger partial charge in [-0.1, -0.05) is 13.8 Å². The largest absolute Gasteiger partial charge is 0.467 e. The lowest BCUT2D eigenvalue weighted by molar-refractivity contribution is -0.144. The second-order valence-electron chi connectivity index (χ2n) is 6.52. The van der Waals surface area contributed by atoms with Gasteiger partial charge in [0.15, 0.2) is 5.78 Å². The van der Waals surface area contributed by atoms with E-state index in [1.807, 2.05) is 13.8 Å². The minimum atomic E-state index is -0.737. The van der Waals surface area contributed by atoms with Gasteiger partial charge in [-0.2, -0.15) is 0 Å². The maximum Gasteiger partial charge on any atom is 0.408 e. The summed E-state index contributed by atoms with van der Waals surface area (Å²) >= 11 is 0. The molecule has 0 aliphatic rings. The fourth-order valence-corrected chi connectivity index (χ4v) is 1.59. The molecule has 0 spiro atoms. The van der Waals surface area contributed by atoms with Crippen molar-refractivity contribution in [2.24, 2.45) is 5.92 Å². The number of ether oxygens (including phenoxy) is 2. The predicted octanol–water partition coefficient (Wildman–Crippen LogP) is 1.77. The molecule has 0 aliphatic carbocycles. The van der Waals surface area contributed by atoms with E-state index in [0.29, 0.717) is 0 Å². The van der Waals surface area contributed by atoms with Crippen molar-refractivity contribution in [1.82, 2.24) is 10.6 Å². The molecular formula is C16H28N2O5. The number of amides is 1. The number of ketones is 1. The van der Waals surface area contributed by atoms with Gasteiger partial charge in [-0.05, 0) is 39.7 Å². The topological polar surface area (TPSA) is 93.7 Å². The molecule has 0 fully saturated rings. The average Bonchev–Trinajstić information content (AvgIpc) is 2.39. The van der Waals surface area contributed by atoms with Crippen molar-refractivity contribution in [2.45, 2.75) is 59.2 Å². The number of hydrogen-bond donors (Lipinski definition) is 2. The molecular weight excluding hydrogens is 300 g/mol. The van der Waals surface area contributed by atoms with Gasteiger partial charge < -0.3 is 20.1 Å². The zero-order valence-electron chi connectivity index (χ0n) is 14.9. The van der Waals surface area contributed by atoms with Gasteiger partial charge in [0, 0.05) is 6.20 Å². The number of rotatable bonds is 7. The molecule has 0 aromatic carbocycles. The van der Waals surface area contributed by atoms with Gasteiger partial charge in [0.1, 0.15) is 11.6 Å². The SMILES string of the molecule is COC(=O)[C@@H](N/C=C\C(=O)[C@H](C)NC(=O)OC(C)(C)C)C(C)C. The molecule has 1 amide bonds. The predicted molar refractivity (Wildman–Crippen MR) is 86.8 cm³/mol. The quantitative estimate of drug-likeness (QED) is 0.546. The Hall–Kier alpha value is -2.05. The maximum atomic E-state index is 11.9. The highest BCUT2D eigenvalue weighted by Crippen LogP contribution is 2.07. The zero-order valence-corrected chi connectivity index (χ0v) is 14.9. The molecule has 2 N–H and O–H groups in total. The molecule has 0 heterocycles. The molecule has 23 heavy (non-hydrogen) atoms. The van der Waals surface area contributed by atoms with Crippen LogP contribution in [0.15, 0.2) is 12.3 Å². The van der Waals surface area contributed by atoms with Crippen molar-refractivity contribution in [3.05, 3.63) is 12.3 Å².